The Balaban J connectivity index is 1.50. The standard InChI is InChI=1S/C17H16N4O3S/c22-15(17-21-20-16(25-17)12-4-2-1-3-5-12)19-13-10-18-24-14(13)11-6-8-23-9-7-11/h1-5,10-11H,6-9H2,(H,19,22). The van der Waals surface area contributed by atoms with E-state index in [4.69, 9.17) is 9.26 Å². The summed E-state index contributed by atoms with van der Waals surface area (Å²) in [6.07, 6.45) is 3.24. The summed E-state index contributed by atoms with van der Waals surface area (Å²) in [7, 11) is 0. The second-order valence-corrected chi connectivity index (χ2v) is 6.70. The van der Waals surface area contributed by atoms with Gasteiger partial charge in [-0.2, -0.15) is 0 Å². The molecule has 7 nitrogen and oxygen atoms in total. The Morgan fingerprint density at radius 3 is 2.76 bits per heavy atom. The fourth-order valence-electron chi connectivity index (χ4n) is 2.78. The van der Waals surface area contributed by atoms with E-state index in [1.165, 1.54) is 17.5 Å². The molecule has 4 rings (SSSR count). The van der Waals surface area contributed by atoms with Gasteiger partial charge in [0.1, 0.15) is 10.7 Å². The molecule has 0 bridgehead atoms. The zero-order valence-corrected chi connectivity index (χ0v) is 14.2. The first-order valence-corrected chi connectivity index (χ1v) is 8.85. The summed E-state index contributed by atoms with van der Waals surface area (Å²) in [6, 6.07) is 9.65. The number of nitrogens with zero attached hydrogens (tertiary/aromatic N) is 3. The second kappa shape index (κ2) is 7.12. The van der Waals surface area contributed by atoms with Crippen LogP contribution >= 0.6 is 11.3 Å². The maximum Gasteiger partial charge on any atom is 0.286 e. The molecule has 25 heavy (non-hydrogen) atoms. The summed E-state index contributed by atoms with van der Waals surface area (Å²) in [4.78, 5) is 12.5. The van der Waals surface area contributed by atoms with Crippen molar-refractivity contribution in [3.8, 4) is 10.6 Å². The van der Waals surface area contributed by atoms with E-state index in [9.17, 15) is 4.79 Å². The molecule has 0 saturated carbocycles. The first-order valence-electron chi connectivity index (χ1n) is 8.04. The smallest absolute Gasteiger partial charge is 0.286 e. The van der Waals surface area contributed by atoms with Gasteiger partial charge in [0.25, 0.3) is 5.91 Å². The molecule has 1 aromatic carbocycles. The van der Waals surface area contributed by atoms with Crippen LogP contribution in [0.25, 0.3) is 10.6 Å². The zero-order chi connectivity index (χ0) is 17.1. The van der Waals surface area contributed by atoms with E-state index in [1.54, 1.807) is 0 Å². The maximum absolute atomic E-state index is 12.5. The molecule has 1 fully saturated rings. The molecule has 0 spiro atoms. The van der Waals surface area contributed by atoms with E-state index < -0.39 is 0 Å². The van der Waals surface area contributed by atoms with Crippen LogP contribution in [0.15, 0.2) is 41.1 Å². The fourth-order valence-corrected chi connectivity index (χ4v) is 3.53. The Kier molecular flexibility index (Phi) is 4.53. The van der Waals surface area contributed by atoms with Gasteiger partial charge in [-0.15, -0.1) is 10.2 Å². The van der Waals surface area contributed by atoms with E-state index >= 15 is 0 Å². The van der Waals surface area contributed by atoms with Crippen molar-refractivity contribution in [3.05, 3.63) is 47.3 Å². The average Bonchev–Trinajstić information content (AvgIpc) is 3.33. The van der Waals surface area contributed by atoms with Crippen molar-refractivity contribution in [3.63, 3.8) is 0 Å². The van der Waals surface area contributed by atoms with Crippen molar-refractivity contribution < 1.29 is 14.1 Å². The Morgan fingerprint density at radius 2 is 1.96 bits per heavy atom. The minimum atomic E-state index is -0.309. The van der Waals surface area contributed by atoms with Crippen LogP contribution in [-0.4, -0.2) is 34.5 Å². The van der Waals surface area contributed by atoms with Gasteiger partial charge in [-0.3, -0.25) is 4.79 Å². The lowest BCUT2D eigenvalue weighted by atomic mass is 9.96. The predicted octanol–water partition coefficient (Wildman–Crippen LogP) is 3.34. The molecule has 1 N–H and O–H groups in total. The number of carbonyl (C=O) groups excluding carboxylic acids is 1. The normalized spacial score (nSPS) is 15.2. The third-order valence-electron chi connectivity index (χ3n) is 4.08. The van der Waals surface area contributed by atoms with Crippen molar-refractivity contribution in [2.24, 2.45) is 0 Å². The molecule has 128 valence electrons. The summed E-state index contributed by atoms with van der Waals surface area (Å²) >= 11 is 1.25. The molecule has 0 aliphatic carbocycles. The predicted molar refractivity (Wildman–Crippen MR) is 92.6 cm³/mol. The monoisotopic (exact) mass is 356 g/mol. The molecule has 3 aromatic rings. The number of amides is 1. The highest BCUT2D eigenvalue weighted by Gasteiger charge is 2.25. The van der Waals surface area contributed by atoms with E-state index in [-0.39, 0.29) is 11.8 Å². The van der Waals surface area contributed by atoms with E-state index in [1.807, 2.05) is 30.3 Å². The molecule has 3 heterocycles. The highest BCUT2D eigenvalue weighted by molar-refractivity contribution is 7.16. The van der Waals surface area contributed by atoms with Gasteiger partial charge in [-0.25, -0.2) is 0 Å². The Labute approximate surface area is 148 Å². The Morgan fingerprint density at radius 1 is 1.16 bits per heavy atom. The van der Waals surface area contributed by atoms with Gasteiger partial charge in [-0.1, -0.05) is 46.8 Å². The quantitative estimate of drug-likeness (QED) is 0.771. The third kappa shape index (κ3) is 3.45. The van der Waals surface area contributed by atoms with Gasteiger partial charge in [0, 0.05) is 24.7 Å². The lowest BCUT2D eigenvalue weighted by Crippen LogP contribution is -2.17. The Hall–Kier alpha value is -2.58. The number of rotatable bonds is 4. The molecule has 0 unspecified atom stereocenters. The van der Waals surface area contributed by atoms with Crippen LogP contribution in [0.5, 0.6) is 0 Å². The number of hydrogen-bond donors (Lipinski definition) is 1. The van der Waals surface area contributed by atoms with E-state index in [2.05, 4.69) is 20.7 Å². The molecule has 1 amide bonds. The number of carbonyl (C=O) groups is 1. The van der Waals surface area contributed by atoms with E-state index in [0.29, 0.717) is 34.7 Å². The summed E-state index contributed by atoms with van der Waals surface area (Å²) in [5.74, 6) is 0.599. The topological polar surface area (TPSA) is 90.1 Å². The van der Waals surface area contributed by atoms with Crippen LogP contribution in [-0.2, 0) is 4.74 Å². The van der Waals surface area contributed by atoms with Gasteiger partial charge in [-0.05, 0) is 12.8 Å². The third-order valence-corrected chi connectivity index (χ3v) is 5.05. The number of benzene rings is 1. The fraction of sp³-hybridized carbons (Fsp3) is 0.294. The first-order chi connectivity index (χ1) is 12.3. The largest absolute Gasteiger partial charge is 0.381 e. The molecule has 0 atom stereocenters. The molecular weight excluding hydrogens is 340 g/mol. The van der Waals surface area contributed by atoms with Crippen molar-refractivity contribution >= 4 is 22.9 Å². The highest BCUT2D eigenvalue weighted by atomic mass is 32.1. The Bertz CT molecular complexity index is 856. The van der Waals surface area contributed by atoms with Gasteiger partial charge in [0.2, 0.25) is 5.01 Å². The lowest BCUT2D eigenvalue weighted by Gasteiger charge is -2.20. The van der Waals surface area contributed by atoms with Crippen LogP contribution < -0.4 is 5.32 Å². The minimum Gasteiger partial charge on any atom is -0.381 e. The van der Waals surface area contributed by atoms with Crippen LogP contribution in [0, 0.1) is 0 Å². The minimum absolute atomic E-state index is 0.209. The van der Waals surface area contributed by atoms with Crippen molar-refractivity contribution in [2.45, 2.75) is 18.8 Å². The SMILES string of the molecule is O=C(Nc1cnoc1C1CCOCC1)c1nnc(-c2ccccc2)s1. The molecule has 1 saturated heterocycles. The molecular formula is C17H16N4O3S. The number of aromatic nitrogens is 3. The lowest BCUT2D eigenvalue weighted by molar-refractivity contribution is 0.0792. The molecule has 8 heteroatoms. The summed E-state index contributed by atoms with van der Waals surface area (Å²) in [6.45, 7) is 1.38. The second-order valence-electron chi connectivity index (χ2n) is 5.72. The number of anilines is 1. The van der Waals surface area contributed by atoms with Crippen LogP contribution in [0.1, 0.15) is 34.3 Å². The number of hydrogen-bond acceptors (Lipinski definition) is 7. The van der Waals surface area contributed by atoms with Crippen molar-refractivity contribution in [1.82, 2.24) is 15.4 Å². The molecule has 2 aromatic heterocycles. The summed E-state index contributed by atoms with van der Waals surface area (Å²) in [5, 5.41) is 15.8. The molecule has 1 aliphatic rings. The van der Waals surface area contributed by atoms with Gasteiger partial charge in [0.05, 0.1) is 6.20 Å². The van der Waals surface area contributed by atoms with Crippen LogP contribution in [0.4, 0.5) is 5.69 Å². The van der Waals surface area contributed by atoms with E-state index in [0.717, 1.165) is 18.4 Å². The van der Waals surface area contributed by atoms with Crippen molar-refractivity contribution in [2.75, 3.05) is 18.5 Å². The van der Waals surface area contributed by atoms with Crippen LogP contribution in [0.2, 0.25) is 0 Å². The van der Waals surface area contributed by atoms with Gasteiger partial charge >= 0.3 is 0 Å². The van der Waals surface area contributed by atoms with Crippen molar-refractivity contribution in [1.29, 1.82) is 0 Å². The summed E-state index contributed by atoms with van der Waals surface area (Å²) in [5.41, 5.74) is 1.53. The number of ether oxygens (including phenoxy) is 1. The van der Waals surface area contributed by atoms with Gasteiger partial charge < -0.3 is 14.6 Å². The maximum atomic E-state index is 12.5. The van der Waals surface area contributed by atoms with Crippen LogP contribution in [0.3, 0.4) is 0 Å². The summed E-state index contributed by atoms with van der Waals surface area (Å²) < 4.78 is 10.7. The number of nitrogens with one attached hydrogen (secondary N) is 1. The molecule has 1 aliphatic heterocycles. The van der Waals surface area contributed by atoms with Gasteiger partial charge in [0.15, 0.2) is 5.76 Å². The highest BCUT2D eigenvalue weighted by Crippen LogP contribution is 2.32. The first kappa shape index (κ1) is 15.9. The zero-order valence-electron chi connectivity index (χ0n) is 13.3. The molecule has 0 radical (unpaired) electrons. The average molecular weight is 356 g/mol.